The molecular weight excluding hydrogens is 344 g/mol. The molecule has 4 heteroatoms. The second-order valence-corrected chi connectivity index (χ2v) is 9.46. The molecule has 0 aliphatic heterocycles. The maximum atomic E-state index is 3.62. The van der Waals surface area contributed by atoms with Crippen molar-refractivity contribution in [2.75, 3.05) is 53.4 Å². The highest BCUT2D eigenvalue weighted by Gasteiger charge is 2.25. The maximum Gasteiger partial charge on any atom is 0.00933 e. The summed E-state index contributed by atoms with van der Waals surface area (Å²) in [6.45, 7) is 7.44. The second kappa shape index (κ2) is 15.6. The van der Waals surface area contributed by atoms with E-state index in [0.29, 0.717) is 0 Å². The van der Waals surface area contributed by atoms with Gasteiger partial charge >= 0.3 is 0 Å². The van der Waals surface area contributed by atoms with Crippen molar-refractivity contribution in [2.45, 2.75) is 102 Å². The molecule has 2 aliphatic carbocycles. The fraction of sp³-hybridized carbons (Fsp3) is 1.00. The Labute approximate surface area is 176 Å². The standard InChI is InChI=1S/C24H50N4/c1-27(23-13-14-23)21-11-9-19-25-17-7-5-3-4-6-8-18-26-20-10-12-22-28(2)24-15-16-24/h23-26H,3-22H2,1-2H3. The topological polar surface area (TPSA) is 30.5 Å². The molecule has 0 unspecified atom stereocenters. The molecule has 2 N–H and O–H groups in total. The monoisotopic (exact) mass is 394 g/mol. The lowest BCUT2D eigenvalue weighted by Crippen LogP contribution is -2.23. The lowest BCUT2D eigenvalue weighted by Gasteiger charge is -2.15. The molecule has 2 saturated carbocycles. The smallest absolute Gasteiger partial charge is 0.00933 e. The number of unbranched alkanes of at least 4 members (excludes halogenated alkanes) is 7. The van der Waals surface area contributed by atoms with Gasteiger partial charge in [-0.1, -0.05) is 25.7 Å². The minimum atomic E-state index is 0.924. The van der Waals surface area contributed by atoms with E-state index in [2.05, 4.69) is 34.5 Å². The van der Waals surface area contributed by atoms with Crippen molar-refractivity contribution in [1.29, 1.82) is 0 Å². The Morgan fingerprint density at radius 1 is 0.500 bits per heavy atom. The quantitative estimate of drug-likeness (QED) is 0.285. The summed E-state index contributed by atoms with van der Waals surface area (Å²) in [5.41, 5.74) is 0. The molecule has 0 aromatic heterocycles. The SMILES string of the molecule is CN(CCCCNCCCCCCCCNCCCCN(C)C1CC1)C1CC1. The van der Waals surface area contributed by atoms with Crippen LogP contribution in [-0.4, -0.2) is 75.2 Å². The summed E-state index contributed by atoms with van der Waals surface area (Å²) in [5.74, 6) is 0. The van der Waals surface area contributed by atoms with Gasteiger partial charge in [-0.15, -0.1) is 0 Å². The van der Waals surface area contributed by atoms with Crippen molar-refractivity contribution >= 4 is 0 Å². The third-order valence-corrected chi connectivity index (χ3v) is 6.53. The predicted molar refractivity (Wildman–Crippen MR) is 123 cm³/mol. The largest absolute Gasteiger partial charge is 0.317 e. The van der Waals surface area contributed by atoms with E-state index in [9.17, 15) is 0 Å². The number of nitrogens with zero attached hydrogens (tertiary/aromatic N) is 2. The lowest BCUT2D eigenvalue weighted by molar-refractivity contribution is 0.315. The van der Waals surface area contributed by atoms with Gasteiger partial charge in [-0.3, -0.25) is 0 Å². The second-order valence-electron chi connectivity index (χ2n) is 9.46. The van der Waals surface area contributed by atoms with Crippen LogP contribution in [0.4, 0.5) is 0 Å². The number of rotatable bonds is 21. The van der Waals surface area contributed by atoms with Crippen LogP contribution in [0.1, 0.15) is 89.9 Å². The van der Waals surface area contributed by atoms with Crippen LogP contribution in [0.2, 0.25) is 0 Å². The molecule has 2 aliphatic rings. The van der Waals surface area contributed by atoms with E-state index < -0.39 is 0 Å². The molecule has 0 saturated heterocycles. The highest BCUT2D eigenvalue weighted by atomic mass is 15.2. The van der Waals surface area contributed by atoms with Gasteiger partial charge in [0, 0.05) is 12.1 Å². The Morgan fingerprint density at radius 3 is 1.18 bits per heavy atom. The van der Waals surface area contributed by atoms with E-state index in [0.717, 1.165) is 12.1 Å². The highest BCUT2D eigenvalue weighted by molar-refractivity contribution is 4.82. The Kier molecular flexibility index (Phi) is 13.5. The summed E-state index contributed by atoms with van der Waals surface area (Å²) >= 11 is 0. The number of hydrogen-bond acceptors (Lipinski definition) is 4. The Bertz CT molecular complexity index is 321. The summed E-state index contributed by atoms with van der Waals surface area (Å²) < 4.78 is 0. The van der Waals surface area contributed by atoms with Crippen molar-refractivity contribution in [3.63, 3.8) is 0 Å². The van der Waals surface area contributed by atoms with Crippen molar-refractivity contribution in [3.05, 3.63) is 0 Å². The Hall–Kier alpha value is -0.160. The Morgan fingerprint density at radius 2 is 0.821 bits per heavy atom. The molecule has 0 amide bonds. The molecule has 0 aromatic rings. The van der Waals surface area contributed by atoms with Gasteiger partial charge in [0.15, 0.2) is 0 Å². The summed E-state index contributed by atoms with van der Waals surface area (Å²) in [7, 11) is 4.58. The molecule has 0 atom stereocenters. The van der Waals surface area contributed by atoms with E-state index in [4.69, 9.17) is 0 Å². The predicted octanol–water partition coefficient (Wildman–Crippen LogP) is 4.26. The van der Waals surface area contributed by atoms with E-state index in [-0.39, 0.29) is 0 Å². The Balaban J connectivity index is 1.17. The van der Waals surface area contributed by atoms with Crippen molar-refractivity contribution in [1.82, 2.24) is 20.4 Å². The molecule has 0 radical (unpaired) electrons. The van der Waals surface area contributed by atoms with Crippen LogP contribution < -0.4 is 10.6 Å². The van der Waals surface area contributed by atoms with Gasteiger partial charge in [0.2, 0.25) is 0 Å². The van der Waals surface area contributed by atoms with Crippen LogP contribution in [0.5, 0.6) is 0 Å². The van der Waals surface area contributed by atoms with Crippen molar-refractivity contribution in [3.8, 4) is 0 Å². The third kappa shape index (κ3) is 13.1. The lowest BCUT2D eigenvalue weighted by atomic mass is 10.1. The summed E-state index contributed by atoms with van der Waals surface area (Å²) in [5, 5.41) is 7.25. The van der Waals surface area contributed by atoms with Crippen molar-refractivity contribution in [2.24, 2.45) is 0 Å². The average molecular weight is 395 g/mol. The highest BCUT2D eigenvalue weighted by Crippen LogP contribution is 2.25. The maximum absolute atomic E-state index is 3.62. The minimum absolute atomic E-state index is 0.924. The first-order chi connectivity index (χ1) is 13.8. The van der Waals surface area contributed by atoms with Crippen LogP contribution in [0.25, 0.3) is 0 Å². The number of nitrogens with one attached hydrogen (secondary N) is 2. The van der Waals surface area contributed by atoms with Gasteiger partial charge in [-0.2, -0.15) is 0 Å². The summed E-state index contributed by atoms with van der Waals surface area (Å²) in [4.78, 5) is 5.09. The molecule has 28 heavy (non-hydrogen) atoms. The zero-order valence-corrected chi connectivity index (χ0v) is 19.2. The minimum Gasteiger partial charge on any atom is -0.317 e. The summed E-state index contributed by atoms with van der Waals surface area (Å²) in [6, 6.07) is 1.85. The van der Waals surface area contributed by atoms with E-state index in [1.165, 1.54) is 129 Å². The van der Waals surface area contributed by atoms with Gasteiger partial charge in [0.1, 0.15) is 0 Å². The molecule has 0 heterocycles. The van der Waals surface area contributed by atoms with E-state index in [1.54, 1.807) is 0 Å². The van der Waals surface area contributed by atoms with Crippen LogP contribution in [0, 0.1) is 0 Å². The fourth-order valence-electron chi connectivity index (χ4n) is 4.08. The normalized spacial score (nSPS) is 17.1. The molecule has 0 spiro atoms. The molecule has 2 fully saturated rings. The average Bonchev–Trinajstić information content (AvgIpc) is 3.58. The first-order valence-electron chi connectivity index (χ1n) is 12.6. The van der Waals surface area contributed by atoms with Crippen LogP contribution in [-0.2, 0) is 0 Å². The first kappa shape index (κ1) is 24.1. The fourth-order valence-corrected chi connectivity index (χ4v) is 4.08. The van der Waals surface area contributed by atoms with Gasteiger partial charge in [-0.05, 0) is 118 Å². The third-order valence-electron chi connectivity index (χ3n) is 6.53. The molecule has 2 rings (SSSR count). The number of hydrogen-bond donors (Lipinski definition) is 2. The van der Waals surface area contributed by atoms with Crippen LogP contribution in [0.3, 0.4) is 0 Å². The van der Waals surface area contributed by atoms with Crippen LogP contribution in [0.15, 0.2) is 0 Å². The molecular formula is C24H50N4. The van der Waals surface area contributed by atoms with Gasteiger partial charge < -0.3 is 20.4 Å². The zero-order valence-electron chi connectivity index (χ0n) is 19.2. The van der Waals surface area contributed by atoms with Crippen LogP contribution >= 0.6 is 0 Å². The zero-order chi connectivity index (χ0) is 19.9. The van der Waals surface area contributed by atoms with Gasteiger partial charge in [0.25, 0.3) is 0 Å². The molecule has 0 bridgehead atoms. The summed E-state index contributed by atoms with van der Waals surface area (Å²) in [6.07, 6.45) is 19.5. The van der Waals surface area contributed by atoms with E-state index in [1.807, 2.05) is 0 Å². The molecule has 4 nitrogen and oxygen atoms in total. The molecule has 166 valence electrons. The molecule has 0 aromatic carbocycles. The van der Waals surface area contributed by atoms with E-state index >= 15 is 0 Å². The van der Waals surface area contributed by atoms with Gasteiger partial charge in [0.05, 0.1) is 0 Å². The van der Waals surface area contributed by atoms with Gasteiger partial charge in [-0.25, -0.2) is 0 Å². The first-order valence-corrected chi connectivity index (χ1v) is 12.6. The van der Waals surface area contributed by atoms with Crippen molar-refractivity contribution < 1.29 is 0 Å².